The molecular weight excluding hydrogens is 328 g/mol. The van der Waals surface area contributed by atoms with E-state index in [0.29, 0.717) is 0 Å². The van der Waals surface area contributed by atoms with Crippen molar-refractivity contribution in [1.29, 1.82) is 0 Å². The molecule has 1 fully saturated rings. The second kappa shape index (κ2) is 5.98. The molecule has 108 valence electrons. The van der Waals surface area contributed by atoms with Crippen molar-refractivity contribution in [3.63, 3.8) is 0 Å². The van der Waals surface area contributed by atoms with Gasteiger partial charge in [0.25, 0.3) is 0 Å². The highest BCUT2D eigenvalue weighted by atomic mass is 79.9. The number of amides is 1. The number of pyridine rings is 1. The van der Waals surface area contributed by atoms with Crippen molar-refractivity contribution in [3.8, 4) is 0 Å². The van der Waals surface area contributed by atoms with Gasteiger partial charge in [-0.3, -0.25) is 9.78 Å². The molecule has 0 spiro atoms. The molecule has 1 aromatic carbocycles. The average molecular weight is 345 g/mol. The van der Waals surface area contributed by atoms with Gasteiger partial charge in [0.2, 0.25) is 5.91 Å². The van der Waals surface area contributed by atoms with Gasteiger partial charge in [-0.15, -0.1) is 0 Å². The monoisotopic (exact) mass is 344 g/mol. The first-order valence-corrected chi connectivity index (χ1v) is 7.97. The Labute approximate surface area is 132 Å². The zero-order valence-electron chi connectivity index (χ0n) is 11.7. The SMILES string of the molecule is O=C(Nc1ccncc1)C1(c2ccc(Br)cc2)CCCC1. The van der Waals surface area contributed by atoms with Crippen LogP contribution in [-0.2, 0) is 10.2 Å². The maximum atomic E-state index is 12.9. The number of aromatic nitrogens is 1. The van der Waals surface area contributed by atoms with Crippen LogP contribution in [0, 0.1) is 0 Å². The summed E-state index contributed by atoms with van der Waals surface area (Å²) < 4.78 is 1.04. The van der Waals surface area contributed by atoms with Crippen molar-refractivity contribution in [3.05, 3.63) is 58.8 Å². The van der Waals surface area contributed by atoms with E-state index in [4.69, 9.17) is 0 Å². The van der Waals surface area contributed by atoms with Crippen molar-refractivity contribution >= 4 is 27.5 Å². The molecule has 1 heterocycles. The molecule has 0 unspecified atom stereocenters. The Hall–Kier alpha value is -1.68. The van der Waals surface area contributed by atoms with Gasteiger partial charge in [-0.2, -0.15) is 0 Å². The zero-order valence-corrected chi connectivity index (χ0v) is 13.3. The van der Waals surface area contributed by atoms with E-state index < -0.39 is 5.41 Å². The molecule has 1 N–H and O–H groups in total. The van der Waals surface area contributed by atoms with Crippen LogP contribution in [-0.4, -0.2) is 10.9 Å². The lowest BCUT2D eigenvalue weighted by atomic mass is 9.78. The van der Waals surface area contributed by atoms with Crippen LogP contribution in [0.1, 0.15) is 31.2 Å². The molecule has 0 bridgehead atoms. The molecule has 0 saturated heterocycles. The predicted octanol–water partition coefficient (Wildman–Crippen LogP) is 4.29. The number of hydrogen-bond donors (Lipinski definition) is 1. The summed E-state index contributed by atoms with van der Waals surface area (Å²) in [5.74, 6) is 0.0912. The summed E-state index contributed by atoms with van der Waals surface area (Å²) in [6.45, 7) is 0. The van der Waals surface area contributed by atoms with Crippen LogP contribution in [0.4, 0.5) is 5.69 Å². The van der Waals surface area contributed by atoms with Gasteiger partial charge in [-0.1, -0.05) is 40.9 Å². The number of carbonyl (C=O) groups is 1. The van der Waals surface area contributed by atoms with E-state index in [2.05, 4.69) is 38.4 Å². The van der Waals surface area contributed by atoms with Crippen LogP contribution >= 0.6 is 15.9 Å². The van der Waals surface area contributed by atoms with Gasteiger partial charge in [0, 0.05) is 22.6 Å². The molecule has 3 nitrogen and oxygen atoms in total. The molecular formula is C17H17BrN2O. The van der Waals surface area contributed by atoms with E-state index in [0.717, 1.165) is 41.4 Å². The maximum absolute atomic E-state index is 12.9. The van der Waals surface area contributed by atoms with Gasteiger partial charge in [-0.05, 0) is 42.7 Å². The van der Waals surface area contributed by atoms with Crippen LogP contribution in [0.15, 0.2) is 53.3 Å². The molecule has 1 aromatic heterocycles. The van der Waals surface area contributed by atoms with Crippen LogP contribution < -0.4 is 5.32 Å². The van der Waals surface area contributed by atoms with E-state index in [1.807, 2.05) is 24.3 Å². The summed E-state index contributed by atoms with van der Waals surface area (Å²) in [6.07, 6.45) is 7.39. The standard InChI is InChI=1S/C17H17BrN2O/c18-14-5-3-13(4-6-14)17(9-1-2-10-17)16(21)20-15-7-11-19-12-8-15/h3-8,11-12H,1-2,9-10H2,(H,19,20,21). The minimum absolute atomic E-state index is 0.0912. The third-order valence-electron chi connectivity index (χ3n) is 4.23. The van der Waals surface area contributed by atoms with E-state index in [1.165, 1.54) is 0 Å². The fourth-order valence-corrected chi connectivity index (χ4v) is 3.34. The average Bonchev–Trinajstić information content (AvgIpc) is 3.00. The van der Waals surface area contributed by atoms with Gasteiger partial charge < -0.3 is 5.32 Å². The van der Waals surface area contributed by atoms with Crippen molar-refractivity contribution in [2.45, 2.75) is 31.1 Å². The fraction of sp³-hybridized carbons (Fsp3) is 0.294. The summed E-state index contributed by atoms with van der Waals surface area (Å²) in [7, 11) is 0. The second-order valence-electron chi connectivity index (χ2n) is 5.49. The largest absolute Gasteiger partial charge is 0.325 e. The molecule has 1 aliphatic rings. The Morgan fingerprint density at radius 3 is 2.29 bits per heavy atom. The van der Waals surface area contributed by atoms with Crippen molar-refractivity contribution in [1.82, 2.24) is 4.98 Å². The van der Waals surface area contributed by atoms with E-state index in [9.17, 15) is 4.79 Å². The smallest absolute Gasteiger partial charge is 0.235 e. The van der Waals surface area contributed by atoms with Crippen molar-refractivity contribution < 1.29 is 4.79 Å². The first kappa shape index (κ1) is 14.3. The molecule has 1 aliphatic carbocycles. The van der Waals surface area contributed by atoms with E-state index in [-0.39, 0.29) is 5.91 Å². The number of benzene rings is 1. The van der Waals surface area contributed by atoms with Crippen molar-refractivity contribution in [2.75, 3.05) is 5.32 Å². The summed E-state index contributed by atoms with van der Waals surface area (Å²) in [5, 5.41) is 3.05. The van der Waals surface area contributed by atoms with Crippen LogP contribution in [0.5, 0.6) is 0 Å². The molecule has 4 heteroatoms. The Morgan fingerprint density at radius 1 is 1.05 bits per heavy atom. The van der Waals surface area contributed by atoms with Crippen LogP contribution in [0.25, 0.3) is 0 Å². The number of nitrogens with zero attached hydrogens (tertiary/aromatic N) is 1. The van der Waals surface area contributed by atoms with Gasteiger partial charge in [0.1, 0.15) is 0 Å². The van der Waals surface area contributed by atoms with Crippen LogP contribution in [0.3, 0.4) is 0 Å². The zero-order chi connectivity index (χ0) is 14.7. The van der Waals surface area contributed by atoms with E-state index in [1.54, 1.807) is 12.4 Å². The highest BCUT2D eigenvalue weighted by Gasteiger charge is 2.42. The quantitative estimate of drug-likeness (QED) is 0.901. The minimum atomic E-state index is -0.399. The molecule has 0 radical (unpaired) electrons. The molecule has 3 rings (SSSR count). The summed E-state index contributed by atoms with van der Waals surface area (Å²) in [5.41, 5.74) is 1.51. The topological polar surface area (TPSA) is 42.0 Å². The Morgan fingerprint density at radius 2 is 1.67 bits per heavy atom. The van der Waals surface area contributed by atoms with Gasteiger partial charge in [0.05, 0.1) is 5.41 Å². The third-order valence-corrected chi connectivity index (χ3v) is 4.76. The highest BCUT2D eigenvalue weighted by Crippen LogP contribution is 2.42. The second-order valence-corrected chi connectivity index (χ2v) is 6.40. The molecule has 0 aliphatic heterocycles. The predicted molar refractivity (Wildman–Crippen MR) is 87.2 cm³/mol. The third kappa shape index (κ3) is 2.86. The molecule has 1 amide bonds. The number of nitrogens with one attached hydrogen (secondary N) is 1. The lowest BCUT2D eigenvalue weighted by Gasteiger charge is -2.28. The fourth-order valence-electron chi connectivity index (χ4n) is 3.08. The number of halogens is 1. The van der Waals surface area contributed by atoms with Gasteiger partial charge in [-0.25, -0.2) is 0 Å². The Bertz CT molecular complexity index is 619. The van der Waals surface area contributed by atoms with Crippen LogP contribution in [0.2, 0.25) is 0 Å². The first-order chi connectivity index (χ1) is 10.2. The Balaban J connectivity index is 1.90. The molecule has 21 heavy (non-hydrogen) atoms. The number of hydrogen-bond acceptors (Lipinski definition) is 2. The normalized spacial score (nSPS) is 16.6. The summed E-state index contributed by atoms with van der Waals surface area (Å²) in [4.78, 5) is 16.9. The maximum Gasteiger partial charge on any atom is 0.235 e. The molecule has 2 aromatic rings. The lowest BCUT2D eigenvalue weighted by molar-refractivity contribution is -0.121. The van der Waals surface area contributed by atoms with Crippen molar-refractivity contribution in [2.24, 2.45) is 0 Å². The van der Waals surface area contributed by atoms with Gasteiger partial charge in [0.15, 0.2) is 0 Å². The summed E-state index contributed by atoms with van der Waals surface area (Å²) >= 11 is 3.45. The first-order valence-electron chi connectivity index (χ1n) is 7.18. The van der Waals surface area contributed by atoms with E-state index >= 15 is 0 Å². The molecule has 0 atom stereocenters. The number of anilines is 1. The number of carbonyl (C=O) groups excluding carboxylic acids is 1. The highest BCUT2D eigenvalue weighted by molar-refractivity contribution is 9.10. The minimum Gasteiger partial charge on any atom is -0.325 e. The molecule has 1 saturated carbocycles. The lowest BCUT2D eigenvalue weighted by Crippen LogP contribution is -2.37. The Kier molecular flexibility index (Phi) is 4.06. The summed E-state index contributed by atoms with van der Waals surface area (Å²) in [6, 6.07) is 11.8. The van der Waals surface area contributed by atoms with Gasteiger partial charge >= 0.3 is 0 Å². The number of rotatable bonds is 3.